The number of nitrogens with zero attached hydrogens (tertiary/aromatic N) is 1. The molecule has 1 heteroatoms. The average Bonchev–Trinajstić information content (AvgIpc) is 1.41. The lowest BCUT2D eigenvalue weighted by atomic mass is 10.7. The number of rotatable bonds is 1. The van der Waals surface area contributed by atoms with Crippen LogP contribution < -0.4 is 0 Å². The molecule has 5 heavy (non-hydrogen) atoms. The van der Waals surface area contributed by atoms with E-state index < -0.39 is 0 Å². The van der Waals surface area contributed by atoms with Gasteiger partial charge in [-0.05, 0) is 6.08 Å². The topological polar surface area (TPSA) is 4.36 Å². The first kappa shape index (κ1) is 4.23. The van der Waals surface area contributed by atoms with E-state index in [4.69, 9.17) is 6.57 Å². The maximum Gasteiger partial charge on any atom is 0.232 e. The highest BCUT2D eigenvalue weighted by molar-refractivity contribution is 4.77. The molecule has 0 aromatic carbocycles. The van der Waals surface area contributed by atoms with Gasteiger partial charge in [0.05, 0.1) is 0 Å². The van der Waals surface area contributed by atoms with Crippen LogP contribution in [0.5, 0.6) is 0 Å². The van der Waals surface area contributed by atoms with Crippen molar-refractivity contribution in [3.63, 3.8) is 0 Å². The van der Waals surface area contributed by atoms with Crippen molar-refractivity contribution in [1.29, 1.82) is 0 Å². The molecule has 0 radical (unpaired) electrons. The Morgan fingerprint density at radius 2 is 2.60 bits per heavy atom. The van der Waals surface area contributed by atoms with E-state index in [0.717, 1.165) is 0 Å². The molecule has 1 nitrogen and oxygen atoms in total. The van der Waals surface area contributed by atoms with Gasteiger partial charge in [0.2, 0.25) is 6.54 Å². The van der Waals surface area contributed by atoms with E-state index in [2.05, 4.69) is 11.4 Å². The molecule has 0 heterocycles. The van der Waals surface area contributed by atoms with Crippen molar-refractivity contribution in [2.45, 2.75) is 0 Å². The Bertz CT molecular complexity index is 58.5. The standard InChI is InChI=1S/C4H5N/c1-3-4-5-2/h3H,1,4H2. The lowest BCUT2D eigenvalue weighted by molar-refractivity contribution is 1.55. The van der Waals surface area contributed by atoms with Gasteiger partial charge in [-0.2, -0.15) is 0 Å². The SMILES string of the molecule is [C-]#[N+]CC=C. The summed E-state index contributed by atoms with van der Waals surface area (Å²) in [5.41, 5.74) is 0. The predicted molar refractivity (Wildman–Crippen MR) is 21.7 cm³/mol. The summed E-state index contributed by atoms with van der Waals surface area (Å²) in [7, 11) is 0. The van der Waals surface area contributed by atoms with E-state index in [9.17, 15) is 0 Å². The Kier molecular flexibility index (Phi) is 2.73. The fourth-order valence-electron chi connectivity index (χ4n) is 0.0645. The quantitative estimate of drug-likeness (QED) is 0.319. The van der Waals surface area contributed by atoms with Gasteiger partial charge in [-0.25, -0.2) is 6.57 Å². The van der Waals surface area contributed by atoms with Gasteiger partial charge in [-0.1, -0.05) is 6.58 Å². The van der Waals surface area contributed by atoms with Crippen LogP contribution in [0.15, 0.2) is 12.7 Å². The second kappa shape index (κ2) is 3.23. The van der Waals surface area contributed by atoms with Crippen molar-refractivity contribution in [1.82, 2.24) is 0 Å². The van der Waals surface area contributed by atoms with E-state index in [1.54, 1.807) is 6.08 Å². The van der Waals surface area contributed by atoms with Crippen molar-refractivity contribution in [2.75, 3.05) is 6.54 Å². The molecule has 0 aromatic heterocycles. The molecule has 0 saturated heterocycles. The van der Waals surface area contributed by atoms with Gasteiger partial charge >= 0.3 is 0 Å². The normalized spacial score (nSPS) is 5.40. The lowest BCUT2D eigenvalue weighted by Gasteiger charge is -1.57. The van der Waals surface area contributed by atoms with E-state index in [1.165, 1.54) is 0 Å². The summed E-state index contributed by atoms with van der Waals surface area (Å²) in [6, 6.07) is 0. The van der Waals surface area contributed by atoms with Crippen LogP contribution in [0.3, 0.4) is 0 Å². The largest absolute Gasteiger partial charge is 0.312 e. The number of hydrogen-bond donors (Lipinski definition) is 0. The van der Waals surface area contributed by atoms with Gasteiger partial charge < -0.3 is 4.85 Å². The fraction of sp³-hybridized carbons (Fsp3) is 0.250. The molecule has 0 amide bonds. The minimum absolute atomic E-state index is 0.444. The lowest BCUT2D eigenvalue weighted by Crippen LogP contribution is -1.54. The Morgan fingerprint density at radius 3 is 2.60 bits per heavy atom. The molecule has 0 bridgehead atoms. The van der Waals surface area contributed by atoms with Crippen LogP contribution in [-0.2, 0) is 0 Å². The molecule has 0 aromatic rings. The third kappa shape index (κ3) is 3.23. The summed E-state index contributed by atoms with van der Waals surface area (Å²) in [5, 5.41) is 0. The van der Waals surface area contributed by atoms with Gasteiger partial charge in [0.25, 0.3) is 0 Å². The maximum absolute atomic E-state index is 6.16. The van der Waals surface area contributed by atoms with Gasteiger partial charge in [0.15, 0.2) is 0 Å². The third-order valence-electron chi connectivity index (χ3n) is 0.220. The monoisotopic (exact) mass is 67.0 g/mol. The highest BCUT2D eigenvalue weighted by atomic mass is 14.6. The van der Waals surface area contributed by atoms with E-state index in [-0.39, 0.29) is 0 Å². The Labute approximate surface area is 31.7 Å². The minimum atomic E-state index is 0.444. The zero-order chi connectivity index (χ0) is 4.12. The van der Waals surface area contributed by atoms with Crippen molar-refractivity contribution < 1.29 is 0 Å². The van der Waals surface area contributed by atoms with Crippen LogP contribution in [0.4, 0.5) is 0 Å². The summed E-state index contributed by atoms with van der Waals surface area (Å²) < 4.78 is 0. The fourth-order valence-corrected chi connectivity index (χ4v) is 0.0645. The smallest absolute Gasteiger partial charge is 0.232 e. The highest BCUT2D eigenvalue weighted by Crippen LogP contribution is 1.61. The highest BCUT2D eigenvalue weighted by Gasteiger charge is 1.59. The van der Waals surface area contributed by atoms with Gasteiger partial charge in [-0.3, -0.25) is 0 Å². The molecule has 0 aliphatic rings. The van der Waals surface area contributed by atoms with Crippen molar-refractivity contribution in [3.05, 3.63) is 24.1 Å². The van der Waals surface area contributed by atoms with Crippen molar-refractivity contribution in [3.8, 4) is 0 Å². The molecule has 0 N–H and O–H groups in total. The first-order valence-corrected chi connectivity index (χ1v) is 1.36. The zero-order valence-corrected chi connectivity index (χ0v) is 2.94. The van der Waals surface area contributed by atoms with Crippen molar-refractivity contribution >= 4 is 0 Å². The maximum atomic E-state index is 6.16. The minimum Gasteiger partial charge on any atom is -0.312 e. The Morgan fingerprint density at radius 1 is 2.00 bits per heavy atom. The van der Waals surface area contributed by atoms with Gasteiger partial charge in [0.1, 0.15) is 0 Å². The molecular formula is C4H5N. The van der Waals surface area contributed by atoms with Gasteiger partial charge in [-0.15, -0.1) is 0 Å². The van der Waals surface area contributed by atoms with Crippen LogP contribution in [0.1, 0.15) is 0 Å². The van der Waals surface area contributed by atoms with Crippen LogP contribution in [0.2, 0.25) is 0 Å². The summed E-state index contributed by atoms with van der Waals surface area (Å²) in [6.07, 6.45) is 1.58. The van der Waals surface area contributed by atoms with Crippen LogP contribution >= 0.6 is 0 Å². The molecule has 0 fully saturated rings. The van der Waals surface area contributed by atoms with Gasteiger partial charge in [0, 0.05) is 0 Å². The van der Waals surface area contributed by atoms with Crippen LogP contribution in [-0.4, -0.2) is 6.54 Å². The van der Waals surface area contributed by atoms with Crippen LogP contribution in [0.25, 0.3) is 4.85 Å². The molecule has 0 aliphatic heterocycles. The Hall–Kier alpha value is -0.770. The Balaban J connectivity index is 2.75. The van der Waals surface area contributed by atoms with E-state index in [1.807, 2.05) is 0 Å². The molecule has 0 spiro atoms. The molecule has 0 unspecified atom stereocenters. The molecule has 26 valence electrons. The third-order valence-corrected chi connectivity index (χ3v) is 0.220. The first-order chi connectivity index (χ1) is 2.41. The molecule has 0 saturated carbocycles. The summed E-state index contributed by atoms with van der Waals surface area (Å²) in [6.45, 7) is 9.94. The predicted octanol–water partition coefficient (Wildman–Crippen LogP) is 1.09. The molecule has 0 aliphatic carbocycles. The summed E-state index contributed by atoms with van der Waals surface area (Å²) >= 11 is 0. The summed E-state index contributed by atoms with van der Waals surface area (Å²) in [4.78, 5) is 2.99. The van der Waals surface area contributed by atoms with E-state index >= 15 is 0 Å². The second-order valence-electron chi connectivity index (χ2n) is 0.629. The zero-order valence-electron chi connectivity index (χ0n) is 2.94. The first-order valence-electron chi connectivity index (χ1n) is 1.36. The van der Waals surface area contributed by atoms with Crippen molar-refractivity contribution in [2.24, 2.45) is 0 Å². The van der Waals surface area contributed by atoms with E-state index in [0.29, 0.717) is 6.54 Å². The average molecular weight is 67.1 g/mol. The summed E-state index contributed by atoms with van der Waals surface area (Å²) in [5.74, 6) is 0. The van der Waals surface area contributed by atoms with Crippen LogP contribution in [0, 0.1) is 6.57 Å². The molecule has 0 atom stereocenters. The molecule has 0 rings (SSSR count). The molecular weight excluding hydrogens is 62.1 g/mol. The second-order valence-corrected chi connectivity index (χ2v) is 0.629. The number of hydrogen-bond acceptors (Lipinski definition) is 0.